The molecule has 0 spiro atoms. The lowest BCUT2D eigenvalue weighted by Gasteiger charge is -2.17. The first kappa shape index (κ1) is 22.7. The van der Waals surface area contributed by atoms with E-state index in [2.05, 4.69) is 0 Å². The highest BCUT2D eigenvalue weighted by atomic mass is 35.5. The van der Waals surface area contributed by atoms with Crippen molar-refractivity contribution in [1.29, 1.82) is 5.26 Å². The number of amides is 1. The zero-order valence-electron chi connectivity index (χ0n) is 17.8. The second-order valence-corrected chi connectivity index (χ2v) is 8.23. The number of carbonyl (C=O) groups is 1. The Bertz CT molecular complexity index is 1280. The summed E-state index contributed by atoms with van der Waals surface area (Å²) in [5.41, 5.74) is 3.30. The van der Waals surface area contributed by atoms with Gasteiger partial charge in [0.2, 0.25) is 0 Å². The van der Waals surface area contributed by atoms with Crippen molar-refractivity contribution in [1.82, 2.24) is 0 Å². The van der Waals surface area contributed by atoms with Crippen molar-refractivity contribution in [3.63, 3.8) is 0 Å². The molecule has 0 radical (unpaired) electrons. The van der Waals surface area contributed by atoms with Crippen molar-refractivity contribution in [2.24, 2.45) is 0 Å². The van der Waals surface area contributed by atoms with Crippen molar-refractivity contribution in [2.75, 3.05) is 18.6 Å². The van der Waals surface area contributed by atoms with Gasteiger partial charge < -0.3 is 14.4 Å². The van der Waals surface area contributed by atoms with Crippen LogP contribution in [-0.4, -0.2) is 19.6 Å². The lowest BCUT2D eigenvalue weighted by atomic mass is 10.1. The van der Waals surface area contributed by atoms with Gasteiger partial charge in [-0.3, -0.25) is 4.79 Å². The predicted octanol–water partition coefficient (Wildman–Crippen LogP) is 6.08. The number of halogens is 2. The number of benzene rings is 3. The van der Waals surface area contributed by atoms with E-state index in [1.165, 1.54) is 13.2 Å². The summed E-state index contributed by atoms with van der Waals surface area (Å²) < 4.78 is 11.3. The Morgan fingerprint density at radius 2 is 1.88 bits per heavy atom. The second-order valence-electron chi connectivity index (χ2n) is 7.42. The van der Waals surface area contributed by atoms with E-state index in [4.69, 9.17) is 32.7 Å². The van der Waals surface area contributed by atoms with Crippen molar-refractivity contribution < 1.29 is 14.3 Å². The molecule has 3 aromatic rings. The van der Waals surface area contributed by atoms with Crippen molar-refractivity contribution >= 4 is 40.9 Å². The zero-order chi connectivity index (χ0) is 23.4. The van der Waals surface area contributed by atoms with Crippen molar-refractivity contribution in [3.05, 3.63) is 93.0 Å². The maximum Gasteiger partial charge on any atom is 0.268 e. The number of hydrogen-bond donors (Lipinski definition) is 0. The number of hydrogen-bond acceptors (Lipinski definition) is 4. The first-order valence-electron chi connectivity index (χ1n) is 10.3. The summed E-state index contributed by atoms with van der Waals surface area (Å²) in [5.74, 6) is 0.392. The van der Waals surface area contributed by atoms with E-state index < -0.39 is 0 Å². The SMILES string of the molecule is COc1cc(/C=C(\C#N)C(=O)N2CCc3ccccc32)cc(Cl)c1OCc1ccccc1Cl. The Morgan fingerprint density at radius 3 is 2.64 bits per heavy atom. The number of rotatable bonds is 6. The topological polar surface area (TPSA) is 62.6 Å². The van der Waals surface area contributed by atoms with Crippen molar-refractivity contribution in [2.45, 2.75) is 13.0 Å². The number of fused-ring (bicyclic) bond motifs is 1. The van der Waals surface area contributed by atoms with Gasteiger partial charge in [0.15, 0.2) is 11.5 Å². The molecule has 1 heterocycles. The summed E-state index contributed by atoms with van der Waals surface area (Å²) >= 11 is 12.7. The molecule has 0 fully saturated rings. The number of ether oxygens (including phenoxy) is 2. The highest BCUT2D eigenvalue weighted by Gasteiger charge is 2.26. The molecule has 1 aliphatic heterocycles. The van der Waals surface area contributed by atoms with Crippen LogP contribution in [0.3, 0.4) is 0 Å². The van der Waals surface area contributed by atoms with Crippen LogP contribution in [0.25, 0.3) is 6.08 Å². The Kier molecular flexibility index (Phi) is 6.88. The minimum absolute atomic E-state index is 0.00885. The van der Waals surface area contributed by atoms with Crippen molar-refractivity contribution in [3.8, 4) is 17.6 Å². The maximum absolute atomic E-state index is 13.1. The molecule has 166 valence electrons. The Labute approximate surface area is 202 Å². The van der Waals surface area contributed by atoms with Crippen LogP contribution >= 0.6 is 23.2 Å². The molecule has 5 nitrogen and oxygen atoms in total. The lowest BCUT2D eigenvalue weighted by molar-refractivity contribution is -0.114. The molecule has 1 amide bonds. The molecular formula is C26H20Cl2N2O3. The number of nitrogens with zero attached hydrogens (tertiary/aromatic N) is 2. The average molecular weight is 479 g/mol. The summed E-state index contributed by atoms with van der Waals surface area (Å²) in [5, 5.41) is 10.6. The summed E-state index contributed by atoms with van der Waals surface area (Å²) in [6.45, 7) is 0.747. The van der Waals surface area contributed by atoms with E-state index in [9.17, 15) is 10.1 Å². The van der Waals surface area contributed by atoms with Crippen LogP contribution < -0.4 is 14.4 Å². The molecule has 0 aliphatic carbocycles. The Morgan fingerprint density at radius 1 is 1.12 bits per heavy atom. The molecule has 0 atom stereocenters. The smallest absolute Gasteiger partial charge is 0.268 e. The zero-order valence-corrected chi connectivity index (χ0v) is 19.4. The molecule has 0 aromatic heterocycles. The van der Waals surface area contributed by atoms with Crippen LogP contribution in [0.1, 0.15) is 16.7 Å². The van der Waals surface area contributed by atoms with E-state index in [0.717, 1.165) is 23.2 Å². The third-order valence-corrected chi connectivity index (χ3v) is 6.03. The van der Waals surface area contributed by atoms with Gasteiger partial charge in [0, 0.05) is 22.8 Å². The van der Waals surface area contributed by atoms with Crippen LogP contribution in [0.15, 0.2) is 66.2 Å². The lowest BCUT2D eigenvalue weighted by Crippen LogP contribution is -2.29. The molecular weight excluding hydrogens is 459 g/mol. The molecule has 33 heavy (non-hydrogen) atoms. The van der Waals surface area contributed by atoms with Gasteiger partial charge >= 0.3 is 0 Å². The van der Waals surface area contributed by atoms with Gasteiger partial charge in [-0.15, -0.1) is 0 Å². The van der Waals surface area contributed by atoms with Crippen LogP contribution in [-0.2, 0) is 17.8 Å². The molecule has 3 aromatic carbocycles. The normalized spacial score (nSPS) is 12.8. The monoisotopic (exact) mass is 478 g/mol. The standard InChI is InChI=1S/C26H20Cl2N2O3/c1-32-24-14-17(13-22(28)25(24)33-16-19-7-2-4-8-21(19)27)12-20(15-29)26(31)30-11-10-18-6-3-5-9-23(18)30/h2-9,12-14H,10-11,16H2,1H3/b20-12+. The molecule has 0 N–H and O–H groups in total. The third-order valence-electron chi connectivity index (χ3n) is 5.38. The van der Waals surface area contributed by atoms with Crippen LogP contribution in [0.2, 0.25) is 10.0 Å². The van der Waals surface area contributed by atoms with Crippen LogP contribution in [0.5, 0.6) is 11.5 Å². The fraction of sp³-hybridized carbons (Fsp3) is 0.154. The van der Waals surface area contributed by atoms with Gasteiger partial charge in [0.25, 0.3) is 5.91 Å². The molecule has 0 bridgehead atoms. The van der Waals surface area contributed by atoms with E-state index in [-0.39, 0.29) is 18.1 Å². The average Bonchev–Trinajstić information content (AvgIpc) is 3.26. The molecule has 7 heteroatoms. The van der Waals surface area contributed by atoms with Gasteiger partial charge in [-0.1, -0.05) is 59.6 Å². The number of nitriles is 1. The fourth-order valence-electron chi connectivity index (χ4n) is 3.73. The van der Waals surface area contributed by atoms with Gasteiger partial charge in [0.1, 0.15) is 18.2 Å². The summed E-state index contributed by atoms with van der Waals surface area (Å²) in [7, 11) is 1.50. The van der Waals surface area contributed by atoms with E-state index >= 15 is 0 Å². The quantitative estimate of drug-likeness (QED) is 0.318. The number of carbonyl (C=O) groups excluding carboxylic acids is 1. The van der Waals surface area contributed by atoms with E-state index in [0.29, 0.717) is 33.7 Å². The molecule has 1 aliphatic rings. The highest BCUT2D eigenvalue weighted by Crippen LogP contribution is 2.38. The van der Waals surface area contributed by atoms with Gasteiger partial charge in [0.05, 0.1) is 12.1 Å². The van der Waals surface area contributed by atoms with Gasteiger partial charge in [-0.25, -0.2) is 0 Å². The third kappa shape index (κ3) is 4.83. The molecule has 0 saturated heterocycles. The number of methoxy groups -OCH3 is 1. The molecule has 4 rings (SSSR count). The van der Waals surface area contributed by atoms with Crippen LogP contribution in [0.4, 0.5) is 5.69 Å². The first-order valence-corrected chi connectivity index (χ1v) is 11.0. The summed E-state index contributed by atoms with van der Waals surface area (Å²) in [6.07, 6.45) is 2.27. The number of anilines is 1. The molecule has 0 saturated carbocycles. The van der Waals surface area contributed by atoms with Gasteiger partial charge in [-0.2, -0.15) is 5.26 Å². The maximum atomic E-state index is 13.1. The minimum Gasteiger partial charge on any atom is -0.493 e. The number of para-hydroxylation sites is 1. The summed E-state index contributed by atoms with van der Waals surface area (Å²) in [4.78, 5) is 14.7. The van der Waals surface area contributed by atoms with Crippen LogP contribution in [0, 0.1) is 11.3 Å². The second kappa shape index (κ2) is 9.99. The van der Waals surface area contributed by atoms with Gasteiger partial charge in [-0.05, 0) is 47.9 Å². The minimum atomic E-state index is -0.350. The van der Waals surface area contributed by atoms with E-state index in [1.54, 1.807) is 23.1 Å². The predicted molar refractivity (Wildman–Crippen MR) is 130 cm³/mol. The van der Waals surface area contributed by atoms with E-state index in [1.807, 2.05) is 48.5 Å². The molecule has 0 unspecified atom stereocenters. The Balaban J connectivity index is 1.59. The Hall–Kier alpha value is -3.46. The highest BCUT2D eigenvalue weighted by molar-refractivity contribution is 6.32. The largest absolute Gasteiger partial charge is 0.493 e. The first-order chi connectivity index (χ1) is 16.0. The summed E-state index contributed by atoms with van der Waals surface area (Å²) in [6, 6.07) is 20.4. The fourth-order valence-corrected chi connectivity index (χ4v) is 4.20.